The third-order valence-corrected chi connectivity index (χ3v) is 5.75. The summed E-state index contributed by atoms with van der Waals surface area (Å²) >= 11 is 0. The first-order valence-corrected chi connectivity index (χ1v) is 11.6. The minimum atomic E-state index is -0.472. The molecule has 3 heterocycles. The normalized spacial score (nSPS) is 18.7. The number of hydrogen-bond acceptors (Lipinski definition) is 6. The zero-order valence-electron chi connectivity index (χ0n) is 19.3. The summed E-state index contributed by atoms with van der Waals surface area (Å²) in [6, 6.07) is 9.96. The van der Waals surface area contributed by atoms with Gasteiger partial charge in [0.15, 0.2) is 11.5 Å². The van der Waals surface area contributed by atoms with Gasteiger partial charge < -0.3 is 23.5 Å². The van der Waals surface area contributed by atoms with Gasteiger partial charge in [0.25, 0.3) is 5.91 Å². The average molecular weight is 443 g/mol. The van der Waals surface area contributed by atoms with E-state index in [9.17, 15) is 4.79 Å². The Morgan fingerprint density at radius 1 is 1.09 bits per heavy atom. The van der Waals surface area contributed by atoms with Gasteiger partial charge in [0.1, 0.15) is 30.8 Å². The summed E-state index contributed by atoms with van der Waals surface area (Å²) in [4.78, 5) is 17.6. The van der Waals surface area contributed by atoms with Crippen molar-refractivity contribution >= 4 is 5.91 Å². The van der Waals surface area contributed by atoms with Gasteiger partial charge >= 0.3 is 0 Å². The Bertz CT molecular complexity index is 909. The first-order valence-electron chi connectivity index (χ1n) is 11.6. The molecule has 2 aliphatic heterocycles. The molecule has 0 saturated carbocycles. The van der Waals surface area contributed by atoms with Crippen LogP contribution in [-0.2, 0) is 29.0 Å². The highest BCUT2D eigenvalue weighted by Crippen LogP contribution is 2.31. The van der Waals surface area contributed by atoms with Gasteiger partial charge in [0.05, 0.1) is 13.2 Å². The van der Waals surface area contributed by atoms with Gasteiger partial charge in [0.2, 0.25) is 0 Å². The zero-order chi connectivity index (χ0) is 22.5. The van der Waals surface area contributed by atoms with E-state index in [1.54, 1.807) is 0 Å². The van der Waals surface area contributed by atoms with E-state index < -0.39 is 6.10 Å². The molecule has 1 aromatic carbocycles. The predicted molar refractivity (Wildman–Crippen MR) is 121 cm³/mol. The van der Waals surface area contributed by atoms with Crippen LogP contribution in [0, 0.1) is 5.92 Å². The molecule has 1 fully saturated rings. The summed E-state index contributed by atoms with van der Waals surface area (Å²) in [5, 5.41) is 0. The molecular weight excluding hydrogens is 408 g/mol. The van der Waals surface area contributed by atoms with E-state index in [-0.39, 0.29) is 5.91 Å². The van der Waals surface area contributed by atoms with E-state index in [1.807, 2.05) is 35.2 Å². The lowest BCUT2D eigenvalue weighted by molar-refractivity contribution is -0.151. The number of carbonyl (C=O) groups excluding carboxylic acids is 1. The van der Waals surface area contributed by atoms with Crippen LogP contribution in [0.25, 0.3) is 0 Å². The minimum absolute atomic E-state index is 0.0342. The average Bonchev–Trinajstić information content (AvgIpc) is 3.25. The van der Waals surface area contributed by atoms with Crippen LogP contribution in [0.2, 0.25) is 0 Å². The largest absolute Gasteiger partial charge is 0.486 e. The molecule has 1 aromatic heterocycles. The number of morpholine rings is 1. The number of amides is 1. The maximum atomic E-state index is 13.5. The van der Waals surface area contributed by atoms with Crippen LogP contribution in [0.1, 0.15) is 37.9 Å². The summed E-state index contributed by atoms with van der Waals surface area (Å²) in [5.41, 5.74) is 1.03. The van der Waals surface area contributed by atoms with Crippen LogP contribution >= 0.6 is 0 Å². The number of ether oxygens (including phenoxy) is 3. The molecule has 1 unspecified atom stereocenters. The maximum absolute atomic E-state index is 13.5. The lowest BCUT2D eigenvalue weighted by Crippen LogP contribution is -2.51. The number of nitrogens with zero attached hydrogens (tertiary/aromatic N) is 2. The van der Waals surface area contributed by atoms with Crippen molar-refractivity contribution in [2.75, 3.05) is 39.5 Å². The molecule has 174 valence electrons. The van der Waals surface area contributed by atoms with Crippen molar-refractivity contribution in [1.29, 1.82) is 0 Å². The van der Waals surface area contributed by atoms with Crippen molar-refractivity contribution < 1.29 is 23.4 Å². The van der Waals surface area contributed by atoms with Crippen LogP contribution < -0.4 is 9.47 Å². The summed E-state index contributed by atoms with van der Waals surface area (Å²) in [7, 11) is 0. The molecule has 1 atom stereocenters. The molecule has 0 bridgehead atoms. The molecule has 2 aromatic rings. The molecule has 0 N–H and O–H groups in total. The fourth-order valence-electron chi connectivity index (χ4n) is 4.20. The number of fused-ring (bicyclic) bond motifs is 1. The van der Waals surface area contributed by atoms with Crippen molar-refractivity contribution in [2.45, 2.75) is 46.4 Å². The van der Waals surface area contributed by atoms with Gasteiger partial charge in [-0.25, -0.2) is 0 Å². The molecule has 1 amide bonds. The van der Waals surface area contributed by atoms with Gasteiger partial charge in [-0.05, 0) is 35.7 Å². The first-order chi connectivity index (χ1) is 15.5. The van der Waals surface area contributed by atoms with Crippen LogP contribution in [0.3, 0.4) is 0 Å². The monoisotopic (exact) mass is 442 g/mol. The molecule has 2 aliphatic rings. The van der Waals surface area contributed by atoms with Crippen LogP contribution in [0.4, 0.5) is 0 Å². The Hall–Kier alpha value is -2.51. The number of furan rings is 1. The van der Waals surface area contributed by atoms with E-state index in [4.69, 9.17) is 18.6 Å². The molecule has 0 radical (unpaired) electrons. The van der Waals surface area contributed by atoms with E-state index in [1.165, 1.54) is 0 Å². The smallest absolute Gasteiger partial charge is 0.253 e. The van der Waals surface area contributed by atoms with E-state index in [2.05, 4.69) is 25.7 Å². The van der Waals surface area contributed by atoms with E-state index >= 15 is 0 Å². The Morgan fingerprint density at radius 2 is 1.88 bits per heavy atom. The second kappa shape index (κ2) is 10.4. The van der Waals surface area contributed by atoms with E-state index in [0.29, 0.717) is 51.9 Å². The topological polar surface area (TPSA) is 64.4 Å². The summed E-state index contributed by atoms with van der Waals surface area (Å²) in [6.45, 7) is 11.2. The van der Waals surface area contributed by atoms with Crippen LogP contribution in [-0.4, -0.2) is 61.3 Å². The highest BCUT2D eigenvalue weighted by Gasteiger charge is 2.31. The Kier molecular flexibility index (Phi) is 7.37. The van der Waals surface area contributed by atoms with Gasteiger partial charge in [-0.15, -0.1) is 0 Å². The maximum Gasteiger partial charge on any atom is 0.253 e. The van der Waals surface area contributed by atoms with Crippen molar-refractivity contribution in [1.82, 2.24) is 9.80 Å². The van der Waals surface area contributed by atoms with Crippen molar-refractivity contribution in [2.24, 2.45) is 5.92 Å². The lowest BCUT2D eigenvalue weighted by Gasteiger charge is -2.35. The molecular formula is C25H34N2O5. The molecule has 4 rings (SSSR count). The van der Waals surface area contributed by atoms with Gasteiger partial charge in [0, 0.05) is 32.6 Å². The second-order valence-corrected chi connectivity index (χ2v) is 8.91. The molecule has 32 heavy (non-hydrogen) atoms. The van der Waals surface area contributed by atoms with Crippen LogP contribution in [0.15, 0.2) is 34.7 Å². The highest BCUT2D eigenvalue weighted by atomic mass is 16.6. The fraction of sp³-hybridized carbons (Fsp3) is 0.560. The quantitative estimate of drug-likeness (QED) is 0.624. The molecule has 7 heteroatoms. The predicted octanol–water partition coefficient (Wildman–Crippen LogP) is 3.50. The molecule has 1 saturated heterocycles. The van der Waals surface area contributed by atoms with Crippen molar-refractivity contribution in [3.8, 4) is 11.5 Å². The number of aryl methyl sites for hydroxylation is 1. The minimum Gasteiger partial charge on any atom is -0.486 e. The Balaban J connectivity index is 1.42. The first kappa shape index (κ1) is 22.7. The fourth-order valence-corrected chi connectivity index (χ4v) is 4.20. The van der Waals surface area contributed by atoms with E-state index in [0.717, 1.165) is 41.5 Å². The molecule has 0 aliphatic carbocycles. The second-order valence-electron chi connectivity index (χ2n) is 8.91. The van der Waals surface area contributed by atoms with Crippen molar-refractivity contribution in [3.63, 3.8) is 0 Å². The summed E-state index contributed by atoms with van der Waals surface area (Å²) in [6.07, 6.45) is 0.411. The summed E-state index contributed by atoms with van der Waals surface area (Å²) < 4.78 is 23.1. The number of rotatable bonds is 8. The van der Waals surface area contributed by atoms with Crippen LogP contribution in [0.5, 0.6) is 11.5 Å². The van der Waals surface area contributed by atoms with Gasteiger partial charge in [-0.1, -0.05) is 26.8 Å². The van der Waals surface area contributed by atoms with Gasteiger partial charge in [-0.2, -0.15) is 0 Å². The van der Waals surface area contributed by atoms with Crippen molar-refractivity contribution in [3.05, 3.63) is 47.4 Å². The standard InChI is InChI=1S/C25H34N2O5/c1-4-20-6-7-21(32-20)16-26-9-10-29-24(17-26)25(28)27(14-18(2)3)15-19-5-8-22-23(13-19)31-12-11-30-22/h5-8,13,18,24H,4,9-12,14-17H2,1-3H3. The SMILES string of the molecule is CCc1ccc(CN2CCOC(C(=O)N(Cc3ccc4c(c3)OCCO4)CC(C)C)C2)o1. The lowest BCUT2D eigenvalue weighted by atomic mass is 10.1. The summed E-state index contributed by atoms with van der Waals surface area (Å²) in [5.74, 6) is 3.82. The Labute approximate surface area is 190 Å². The Morgan fingerprint density at radius 3 is 2.62 bits per heavy atom. The number of hydrogen-bond donors (Lipinski definition) is 0. The number of benzene rings is 1. The zero-order valence-corrected chi connectivity index (χ0v) is 19.3. The van der Waals surface area contributed by atoms with Gasteiger partial charge in [-0.3, -0.25) is 9.69 Å². The molecule has 7 nitrogen and oxygen atoms in total. The third-order valence-electron chi connectivity index (χ3n) is 5.75. The molecule has 0 spiro atoms. The highest BCUT2D eigenvalue weighted by molar-refractivity contribution is 5.81. The number of carbonyl (C=O) groups is 1. The third kappa shape index (κ3) is 5.64.